The van der Waals surface area contributed by atoms with Crippen molar-refractivity contribution in [1.82, 2.24) is 14.8 Å². The molecule has 1 heterocycles. The summed E-state index contributed by atoms with van der Waals surface area (Å²) >= 11 is 0. The van der Waals surface area contributed by atoms with Crippen LogP contribution in [0.25, 0.3) is 0 Å². The summed E-state index contributed by atoms with van der Waals surface area (Å²) in [6.45, 7) is 0. The van der Waals surface area contributed by atoms with Crippen molar-refractivity contribution in [3.8, 4) is 0 Å². The lowest BCUT2D eigenvalue weighted by atomic mass is 10.1. The molecule has 3 rings (SSSR count). The molecule has 94 valence electrons. The zero-order chi connectivity index (χ0) is 12.5. The summed E-state index contributed by atoms with van der Waals surface area (Å²) in [5.74, 6) is 2.72. The summed E-state index contributed by atoms with van der Waals surface area (Å²) in [6.07, 6.45) is 4.37. The maximum absolute atomic E-state index is 5.78. The van der Waals surface area contributed by atoms with Gasteiger partial charge in [-0.1, -0.05) is 12.1 Å². The molecule has 4 nitrogen and oxygen atoms in total. The number of nitrogens with zero attached hydrogens (tertiary/aromatic N) is 3. The van der Waals surface area contributed by atoms with Gasteiger partial charge >= 0.3 is 0 Å². The maximum Gasteiger partial charge on any atom is 0.154 e. The normalized spacial score (nSPS) is 14.9. The molecule has 1 aromatic carbocycles. The van der Waals surface area contributed by atoms with Gasteiger partial charge in [0.15, 0.2) is 5.82 Å². The molecule has 0 amide bonds. The molecule has 0 aliphatic heterocycles. The van der Waals surface area contributed by atoms with Crippen LogP contribution in [0.3, 0.4) is 0 Å². The first-order chi connectivity index (χ1) is 8.72. The molecule has 0 spiro atoms. The second-order valence-electron chi connectivity index (χ2n) is 5.03. The van der Waals surface area contributed by atoms with E-state index in [4.69, 9.17) is 5.73 Å². The molecule has 2 N–H and O–H groups in total. The number of rotatable bonds is 4. The number of aromatic nitrogens is 3. The van der Waals surface area contributed by atoms with Crippen LogP contribution in [-0.2, 0) is 19.9 Å². The van der Waals surface area contributed by atoms with E-state index in [2.05, 4.69) is 16.1 Å². The lowest BCUT2D eigenvalue weighted by Crippen LogP contribution is -2.01. The number of nitrogen functional groups attached to an aromatic ring is 1. The average molecular weight is 242 g/mol. The number of anilines is 1. The monoisotopic (exact) mass is 242 g/mol. The SMILES string of the molecule is Cn1nc(C2CC2)nc1CCc1cccc(N)c1. The van der Waals surface area contributed by atoms with Gasteiger partial charge in [-0.3, -0.25) is 4.68 Å². The number of hydrogen-bond donors (Lipinski definition) is 1. The van der Waals surface area contributed by atoms with Crippen LogP contribution in [0.15, 0.2) is 24.3 Å². The second kappa shape index (κ2) is 4.44. The third-order valence-electron chi connectivity index (χ3n) is 3.40. The van der Waals surface area contributed by atoms with Crippen LogP contribution in [-0.4, -0.2) is 14.8 Å². The van der Waals surface area contributed by atoms with E-state index in [0.29, 0.717) is 5.92 Å². The highest BCUT2D eigenvalue weighted by molar-refractivity contribution is 5.40. The molecule has 2 aromatic rings. The number of nitrogens with two attached hydrogens (primary N) is 1. The minimum Gasteiger partial charge on any atom is -0.399 e. The first kappa shape index (κ1) is 11.3. The number of benzene rings is 1. The Kier molecular flexibility index (Phi) is 2.78. The Morgan fingerprint density at radius 3 is 2.89 bits per heavy atom. The van der Waals surface area contributed by atoms with E-state index in [1.807, 2.05) is 29.9 Å². The van der Waals surface area contributed by atoms with Crippen molar-refractivity contribution in [3.05, 3.63) is 41.5 Å². The molecule has 0 unspecified atom stereocenters. The fourth-order valence-corrected chi connectivity index (χ4v) is 2.18. The van der Waals surface area contributed by atoms with Crippen molar-refractivity contribution < 1.29 is 0 Å². The Morgan fingerprint density at radius 1 is 1.33 bits per heavy atom. The van der Waals surface area contributed by atoms with Gasteiger partial charge < -0.3 is 5.73 Å². The summed E-state index contributed by atoms with van der Waals surface area (Å²) in [5.41, 5.74) is 7.86. The molecule has 1 aliphatic rings. The molecule has 0 radical (unpaired) electrons. The van der Waals surface area contributed by atoms with Gasteiger partial charge in [-0.25, -0.2) is 4.98 Å². The molecular formula is C14H18N4. The van der Waals surface area contributed by atoms with Crippen molar-refractivity contribution in [2.24, 2.45) is 7.05 Å². The van der Waals surface area contributed by atoms with E-state index in [0.717, 1.165) is 30.2 Å². The highest BCUT2D eigenvalue weighted by Gasteiger charge is 2.28. The van der Waals surface area contributed by atoms with Gasteiger partial charge in [0.1, 0.15) is 5.82 Å². The van der Waals surface area contributed by atoms with Crippen molar-refractivity contribution in [2.75, 3.05) is 5.73 Å². The lowest BCUT2D eigenvalue weighted by molar-refractivity contribution is 0.686. The summed E-state index contributed by atoms with van der Waals surface area (Å²) in [5, 5.41) is 4.48. The molecule has 0 atom stereocenters. The average Bonchev–Trinajstić information content (AvgIpc) is 3.12. The van der Waals surface area contributed by atoms with Crippen molar-refractivity contribution in [2.45, 2.75) is 31.6 Å². The molecule has 1 aliphatic carbocycles. The van der Waals surface area contributed by atoms with E-state index in [9.17, 15) is 0 Å². The standard InChI is InChI=1S/C14H18N4/c1-18-13(16-14(17-18)11-6-7-11)8-5-10-3-2-4-12(15)9-10/h2-4,9,11H,5-8,15H2,1H3. The summed E-state index contributed by atoms with van der Waals surface area (Å²) in [6, 6.07) is 8.04. The first-order valence-electron chi connectivity index (χ1n) is 6.46. The van der Waals surface area contributed by atoms with Crippen LogP contribution < -0.4 is 5.73 Å². The Labute approximate surface area is 107 Å². The van der Waals surface area contributed by atoms with Crippen molar-refractivity contribution >= 4 is 5.69 Å². The predicted molar refractivity (Wildman–Crippen MR) is 71.2 cm³/mol. The van der Waals surface area contributed by atoms with Crippen LogP contribution in [0, 0.1) is 0 Å². The molecule has 1 saturated carbocycles. The Balaban J connectivity index is 1.69. The summed E-state index contributed by atoms with van der Waals surface area (Å²) in [7, 11) is 1.98. The van der Waals surface area contributed by atoms with Crippen molar-refractivity contribution in [1.29, 1.82) is 0 Å². The Morgan fingerprint density at radius 2 is 2.17 bits per heavy atom. The lowest BCUT2D eigenvalue weighted by Gasteiger charge is -2.02. The Hall–Kier alpha value is -1.84. The van der Waals surface area contributed by atoms with E-state index in [1.165, 1.54) is 18.4 Å². The topological polar surface area (TPSA) is 56.7 Å². The zero-order valence-electron chi connectivity index (χ0n) is 10.6. The van der Waals surface area contributed by atoms with Gasteiger partial charge in [0.2, 0.25) is 0 Å². The zero-order valence-corrected chi connectivity index (χ0v) is 10.6. The van der Waals surface area contributed by atoms with E-state index >= 15 is 0 Å². The van der Waals surface area contributed by atoms with Crippen LogP contribution in [0.5, 0.6) is 0 Å². The highest BCUT2D eigenvalue weighted by Crippen LogP contribution is 2.38. The van der Waals surface area contributed by atoms with Crippen LogP contribution >= 0.6 is 0 Å². The van der Waals surface area contributed by atoms with Gasteiger partial charge in [0.05, 0.1) is 0 Å². The fourth-order valence-electron chi connectivity index (χ4n) is 2.18. The second-order valence-corrected chi connectivity index (χ2v) is 5.03. The van der Waals surface area contributed by atoms with E-state index in [-0.39, 0.29) is 0 Å². The molecule has 0 bridgehead atoms. The molecule has 18 heavy (non-hydrogen) atoms. The van der Waals surface area contributed by atoms with Crippen LogP contribution in [0.4, 0.5) is 5.69 Å². The smallest absolute Gasteiger partial charge is 0.154 e. The molecular weight excluding hydrogens is 224 g/mol. The third-order valence-corrected chi connectivity index (χ3v) is 3.40. The van der Waals surface area contributed by atoms with E-state index < -0.39 is 0 Å². The largest absolute Gasteiger partial charge is 0.399 e. The van der Waals surface area contributed by atoms with Crippen LogP contribution in [0.2, 0.25) is 0 Å². The fraction of sp³-hybridized carbons (Fsp3) is 0.429. The first-order valence-corrected chi connectivity index (χ1v) is 6.46. The van der Waals surface area contributed by atoms with E-state index in [1.54, 1.807) is 0 Å². The highest BCUT2D eigenvalue weighted by atomic mass is 15.3. The molecule has 1 fully saturated rings. The predicted octanol–water partition coefficient (Wildman–Crippen LogP) is 2.06. The van der Waals surface area contributed by atoms with Crippen LogP contribution in [0.1, 0.15) is 36.0 Å². The molecule has 0 saturated heterocycles. The van der Waals surface area contributed by atoms with Gasteiger partial charge in [-0.15, -0.1) is 0 Å². The maximum atomic E-state index is 5.78. The Bertz CT molecular complexity index is 555. The van der Waals surface area contributed by atoms with Crippen molar-refractivity contribution in [3.63, 3.8) is 0 Å². The summed E-state index contributed by atoms with van der Waals surface area (Å²) < 4.78 is 1.92. The van der Waals surface area contributed by atoms with Gasteiger partial charge in [0.25, 0.3) is 0 Å². The van der Waals surface area contributed by atoms with Gasteiger partial charge in [-0.2, -0.15) is 5.10 Å². The number of hydrogen-bond acceptors (Lipinski definition) is 3. The molecule has 4 heteroatoms. The summed E-state index contributed by atoms with van der Waals surface area (Å²) in [4.78, 5) is 4.63. The minimum absolute atomic E-state index is 0.623. The third kappa shape index (κ3) is 2.37. The quantitative estimate of drug-likeness (QED) is 0.835. The minimum atomic E-state index is 0.623. The van der Waals surface area contributed by atoms with Gasteiger partial charge in [0, 0.05) is 25.1 Å². The number of aryl methyl sites for hydroxylation is 3. The molecule has 1 aromatic heterocycles. The van der Waals surface area contributed by atoms with Gasteiger partial charge in [-0.05, 0) is 37.0 Å².